The number of halogens is 1. The molecule has 0 aliphatic heterocycles. The van der Waals surface area contributed by atoms with E-state index in [1.807, 2.05) is 10.9 Å². The number of hydrogen-bond donors (Lipinski definition) is 1. The first-order chi connectivity index (χ1) is 11.0. The lowest BCUT2D eigenvalue weighted by molar-refractivity contribution is 0.538. The monoisotopic (exact) mass is 353 g/mol. The van der Waals surface area contributed by atoms with Gasteiger partial charge in [-0.3, -0.25) is 4.68 Å². The highest BCUT2D eigenvalue weighted by molar-refractivity contribution is 7.89. The first-order valence-corrected chi connectivity index (χ1v) is 9.63. The van der Waals surface area contributed by atoms with Crippen LogP contribution in [0.2, 0.25) is 5.02 Å². The van der Waals surface area contributed by atoms with E-state index in [0.29, 0.717) is 23.7 Å². The lowest BCUT2D eigenvalue weighted by Crippen LogP contribution is -2.29. The van der Waals surface area contributed by atoms with Crippen molar-refractivity contribution in [2.24, 2.45) is 0 Å². The number of fused-ring (bicyclic) bond motifs is 1. The van der Waals surface area contributed by atoms with E-state index < -0.39 is 10.0 Å². The second kappa shape index (κ2) is 6.63. The molecule has 0 saturated carbocycles. The fraction of sp³-hybridized carbons (Fsp3) is 0.438. The van der Waals surface area contributed by atoms with Crippen LogP contribution in [0.4, 0.5) is 0 Å². The predicted octanol–water partition coefficient (Wildman–Crippen LogP) is 2.70. The Balaban J connectivity index is 1.68. The third-order valence-electron chi connectivity index (χ3n) is 4.27. The summed E-state index contributed by atoms with van der Waals surface area (Å²) in [7, 11) is -3.56. The first kappa shape index (κ1) is 16.5. The van der Waals surface area contributed by atoms with E-state index in [0.717, 1.165) is 12.8 Å². The highest BCUT2D eigenvalue weighted by Crippen LogP contribution is 2.23. The van der Waals surface area contributed by atoms with E-state index >= 15 is 0 Å². The number of aryl methyl sites for hydroxylation is 1. The van der Waals surface area contributed by atoms with Crippen molar-refractivity contribution in [3.63, 3.8) is 0 Å². The highest BCUT2D eigenvalue weighted by atomic mass is 35.5. The maximum Gasteiger partial charge on any atom is 0.240 e. The Morgan fingerprint density at radius 1 is 1.30 bits per heavy atom. The van der Waals surface area contributed by atoms with Crippen LogP contribution in [0.25, 0.3) is 0 Å². The van der Waals surface area contributed by atoms with E-state index in [4.69, 9.17) is 11.6 Å². The molecule has 0 bridgehead atoms. The van der Waals surface area contributed by atoms with Gasteiger partial charge in [-0.05, 0) is 55.9 Å². The molecule has 0 unspecified atom stereocenters. The fourth-order valence-corrected chi connectivity index (χ4v) is 4.51. The minimum atomic E-state index is -3.56. The number of aromatic nitrogens is 2. The maximum atomic E-state index is 12.4. The van der Waals surface area contributed by atoms with Gasteiger partial charge in [-0.25, -0.2) is 13.1 Å². The largest absolute Gasteiger partial charge is 0.268 e. The number of sulfonamides is 1. The van der Waals surface area contributed by atoms with Crippen LogP contribution in [0.15, 0.2) is 29.3 Å². The number of benzene rings is 1. The molecule has 2 aromatic rings. The molecule has 0 saturated heterocycles. The topological polar surface area (TPSA) is 64.0 Å². The van der Waals surface area contributed by atoms with E-state index in [-0.39, 0.29) is 4.90 Å². The minimum absolute atomic E-state index is 0.229. The second-order valence-electron chi connectivity index (χ2n) is 5.81. The minimum Gasteiger partial charge on any atom is -0.268 e. The lowest BCUT2D eigenvalue weighted by Gasteiger charge is -2.14. The summed E-state index contributed by atoms with van der Waals surface area (Å²) in [5.74, 6) is 0. The molecular weight excluding hydrogens is 334 g/mol. The number of nitrogens with zero attached hydrogens (tertiary/aromatic N) is 2. The third-order valence-corrected chi connectivity index (χ3v) is 6.28. The van der Waals surface area contributed by atoms with E-state index in [1.54, 1.807) is 25.1 Å². The molecule has 0 spiro atoms. The summed E-state index contributed by atoms with van der Waals surface area (Å²) < 4.78 is 29.4. The average Bonchev–Trinajstić information content (AvgIpc) is 2.93. The average molecular weight is 354 g/mol. The first-order valence-electron chi connectivity index (χ1n) is 7.77. The zero-order valence-electron chi connectivity index (χ0n) is 13.0. The molecule has 1 aliphatic carbocycles. The van der Waals surface area contributed by atoms with Crippen molar-refractivity contribution in [2.45, 2.75) is 44.0 Å². The van der Waals surface area contributed by atoms with Gasteiger partial charge in [-0.2, -0.15) is 5.10 Å². The molecule has 1 heterocycles. The third kappa shape index (κ3) is 3.44. The van der Waals surface area contributed by atoms with Crippen LogP contribution >= 0.6 is 11.6 Å². The van der Waals surface area contributed by atoms with Gasteiger partial charge in [0.25, 0.3) is 0 Å². The Morgan fingerprint density at radius 2 is 2.09 bits per heavy atom. The van der Waals surface area contributed by atoms with E-state index in [1.165, 1.54) is 24.1 Å². The fourth-order valence-electron chi connectivity index (χ4n) is 2.99. The van der Waals surface area contributed by atoms with Gasteiger partial charge in [0.15, 0.2) is 0 Å². The van der Waals surface area contributed by atoms with Gasteiger partial charge in [0.2, 0.25) is 10.0 Å². The van der Waals surface area contributed by atoms with Crippen molar-refractivity contribution in [3.05, 3.63) is 46.2 Å². The van der Waals surface area contributed by atoms with Gasteiger partial charge in [0.1, 0.15) is 0 Å². The molecule has 1 N–H and O–H groups in total. The zero-order chi connectivity index (χ0) is 16.4. The van der Waals surface area contributed by atoms with Crippen molar-refractivity contribution in [1.82, 2.24) is 14.5 Å². The van der Waals surface area contributed by atoms with Gasteiger partial charge in [-0.15, -0.1) is 0 Å². The molecule has 7 heteroatoms. The molecule has 0 fully saturated rings. The molecular formula is C16H20ClN3O2S. The van der Waals surface area contributed by atoms with Crippen LogP contribution < -0.4 is 4.72 Å². The van der Waals surface area contributed by atoms with Crippen LogP contribution in [-0.2, 0) is 29.4 Å². The van der Waals surface area contributed by atoms with E-state index in [9.17, 15) is 8.42 Å². The van der Waals surface area contributed by atoms with Crippen molar-refractivity contribution >= 4 is 21.6 Å². The molecule has 0 atom stereocenters. The quantitative estimate of drug-likeness (QED) is 0.898. The number of rotatable bonds is 5. The van der Waals surface area contributed by atoms with Crippen LogP contribution in [0.3, 0.4) is 0 Å². The Bertz CT molecular complexity index is 815. The number of hydrogen-bond acceptors (Lipinski definition) is 3. The van der Waals surface area contributed by atoms with Crippen LogP contribution in [-0.4, -0.2) is 24.7 Å². The van der Waals surface area contributed by atoms with Gasteiger partial charge in [-0.1, -0.05) is 17.7 Å². The van der Waals surface area contributed by atoms with Crippen LogP contribution in [0.1, 0.15) is 29.7 Å². The Kier molecular flexibility index (Phi) is 4.75. The SMILES string of the molecule is Cc1c(Cl)cccc1S(=O)(=O)NCCn1ncc2c1CCCC2. The summed E-state index contributed by atoms with van der Waals surface area (Å²) in [6, 6.07) is 4.90. The Morgan fingerprint density at radius 3 is 2.91 bits per heavy atom. The van der Waals surface area contributed by atoms with Gasteiger partial charge < -0.3 is 0 Å². The normalized spacial score (nSPS) is 14.7. The van der Waals surface area contributed by atoms with Crippen molar-refractivity contribution in [2.75, 3.05) is 6.54 Å². The second-order valence-corrected chi connectivity index (χ2v) is 7.95. The molecule has 1 aromatic heterocycles. The summed E-state index contributed by atoms with van der Waals surface area (Å²) in [6.45, 7) is 2.55. The predicted molar refractivity (Wildman–Crippen MR) is 90.2 cm³/mol. The standard InChI is InChI=1S/C16H20ClN3O2S/c1-12-14(17)6-4-8-16(12)23(21,22)19-9-10-20-15-7-3-2-5-13(15)11-18-20/h4,6,8,11,19H,2-3,5,7,9-10H2,1H3. The molecule has 124 valence electrons. The Hall–Kier alpha value is -1.37. The summed E-state index contributed by atoms with van der Waals surface area (Å²) in [5.41, 5.74) is 3.11. The molecule has 1 aromatic carbocycles. The molecule has 3 rings (SSSR count). The van der Waals surface area contributed by atoms with Crippen molar-refractivity contribution in [1.29, 1.82) is 0 Å². The summed E-state index contributed by atoms with van der Waals surface area (Å²) in [4.78, 5) is 0.229. The molecule has 0 radical (unpaired) electrons. The van der Waals surface area contributed by atoms with Crippen LogP contribution in [0, 0.1) is 6.92 Å². The van der Waals surface area contributed by atoms with Crippen molar-refractivity contribution in [3.8, 4) is 0 Å². The van der Waals surface area contributed by atoms with Gasteiger partial charge >= 0.3 is 0 Å². The molecule has 23 heavy (non-hydrogen) atoms. The maximum absolute atomic E-state index is 12.4. The van der Waals surface area contributed by atoms with Gasteiger partial charge in [0, 0.05) is 17.3 Å². The zero-order valence-corrected chi connectivity index (χ0v) is 14.6. The molecule has 5 nitrogen and oxygen atoms in total. The Labute approximate surface area is 141 Å². The van der Waals surface area contributed by atoms with Gasteiger partial charge in [0.05, 0.1) is 17.6 Å². The lowest BCUT2D eigenvalue weighted by atomic mass is 9.98. The smallest absolute Gasteiger partial charge is 0.240 e. The molecule has 0 amide bonds. The van der Waals surface area contributed by atoms with Crippen molar-refractivity contribution < 1.29 is 8.42 Å². The summed E-state index contributed by atoms with van der Waals surface area (Å²) >= 11 is 6.01. The summed E-state index contributed by atoms with van der Waals surface area (Å²) in [5, 5.41) is 4.84. The number of nitrogens with one attached hydrogen (secondary N) is 1. The van der Waals surface area contributed by atoms with E-state index in [2.05, 4.69) is 9.82 Å². The highest BCUT2D eigenvalue weighted by Gasteiger charge is 2.19. The molecule has 1 aliphatic rings. The van der Waals surface area contributed by atoms with Crippen LogP contribution in [0.5, 0.6) is 0 Å². The summed E-state index contributed by atoms with van der Waals surface area (Å²) in [6.07, 6.45) is 6.38.